The number of piperazine rings is 1. The number of amides is 1. The highest BCUT2D eigenvalue weighted by molar-refractivity contribution is 7.92. The van der Waals surface area contributed by atoms with Crippen molar-refractivity contribution in [2.45, 2.75) is 24.3 Å². The number of nitrogens with zero attached hydrogens (tertiary/aromatic N) is 3. The van der Waals surface area contributed by atoms with Gasteiger partial charge in [0.05, 0.1) is 10.6 Å². The normalized spacial score (nSPS) is 18.5. The van der Waals surface area contributed by atoms with Gasteiger partial charge in [0.25, 0.3) is 15.9 Å². The van der Waals surface area contributed by atoms with Crippen molar-refractivity contribution in [2.75, 3.05) is 37.0 Å². The Morgan fingerprint density at radius 3 is 2.28 bits per heavy atom. The molecular weight excluding hydrogens is 470 g/mol. The summed E-state index contributed by atoms with van der Waals surface area (Å²) in [5, 5.41) is 0. The molecule has 1 saturated heterocycles. The molecule has 186 valence electrons. The number of carbonyl (C=O) groups excluding carboxylic acids is 1. The first-order valence-electron chi connectivity index (χ1n) is 12.4. The zero-order chi connectivity index (χ0) is 25.1. The van der Waals surface area contributed by atoms with Gasteiger partial charge in [-0.1, -0.05) is 60.7 Å². The summed E-state index contributed by atoms with van der Waals surface area (Å²) in [6.07, 6.45) is 4.89. The summed E-state index contributed by atoms with van der Waals surface area (Å²) in [7, 11) is -3.66. The van der Waals surface area contributed by atoms with Gasteiger partial charge in [-0.25, -0.2) is 8.42 Å². The van der Waals surface area contributed by atoms with E-state index in [9.17, 15) is 13.2 Å². The number of anilines is 1. The van der Waals surface area contributed by atoms with Crippen LogP contribution in [0.25, 0.3) is 6.08 Å². The van der Waals surface area contributed by atoms with Crippen LogP contribution in [0.3, 0.4) is 0 Å². The van der Waals surface area contributed by atoms with Gasteiger partial charge in [0.15, 0.2) is 0 Å². The Labute approximate surface area is 213 Å². The van der Waals surface area contributed by atoms with E-state index in [-0.39, 0.29) is 16.8 Å². The molecule has 0 aromatic heterocycles. The van der Waals surface area contributed by atoms with Gasteiger partial charge in [-0.3, -0.25) is 14.0 Å². The van der Waals surface area contributed by atoms with Gasteiger partial charge >= 0.3 is 0 Å². The Morgan fingerprint density at radius 1 is 0.917 bits per heavy atom. The third kappa shape index (κ3) is 4.94. The fraction of sp³-hybridized carbons (Fsp3) is 0.276. The molecule has 5 rings (SSSR count). The molecule has 3 aromatic rings. The highest BCUT2D eigenvalue weighted by Gasteiger charge is 2.36. The Bertz CT molecular complexity index is 1350. The van der Waals surface area contributed by atoms with Crippen LogP contribution in [-0.2, 0) is 16.4 Å². The Kier molecular flexibility index (Phi) is 6.94. The van der Waals surface area contributed by atoms with Crippen molar-refractivity contribution < 1.29 is 13.2 Å². The number of fused-ring (bicyclic) bond motifs is 1. The fourth-order valence-corrected chi connectivity index (χ4v) is 6.74. The van der Waals surface area contributed by atoms with Crippen LogP contribution in [0.4, 0.5) is 5.69 Å². The van der Waals surface area contributed by atoms with Crippen LogP contribution >= 0.6 is 0 Å². The molecule has 0 bridgehead atoms. The highest BCUT2D eigenvalue weighted by Crippen LogP contribution is 2.37. The molecular formula is C29H31N3O3S. The molecule has 0 N–H and O–H groups in total. The number of rotatable bonds is 6. The summed E-state index contributed by atoms with van der Waals surface area (Å²) in [6, 6.07) is 24.0. The van der Waals surface area contributed by atoms with Gasteiger partial charge in [-0.05, 0) is 54.8 Å². The standard InChI is InChI=1S/C29H31N3O3S/c1-23-21-26-22-25(14-15-28(26)32(23)36(34,35)27-12-6-3-7-13-27)29(33)31-19-17-30(18-20-31)16-8-11-24-9-4-2-5-10-24/h2-15,22-23H,16-21H2,1H3/b11-8+/t23-/m1/s1. The first-order valence-corrected chi connectivity index (χ1v) is 13.8. The minimum atomic E-state index is -3.66. The second-order valence-electron chi connectivity index (χ2n) is 9.42. The maximum absolute atomic E-state index is 13.3. The average molecular weight is 502 g/mol. The topological polar surface area (TPSA) is 60.9 Å². The average Bonchev–Trinajstić information content (AvgIpc) is 3.25. The van der Waals surface area contributed by atoms with E-state index < -0.39 is 10.0 Å². The minimum Gasteiger partial charge on any atom is -0.336 e. The van der Waals surface area contributed by atoms with Gasteiger partial charge in [0.1, 0.15) is 0 Å². The molecule has 0 unspecified atom stereocenters. The number of hydrogen-bond donors (Lipinski definition) is 0. The van der Waals surface area contributed by atoms with E-state index in [0.29, 0.717) is 30.8 Å². The Hall–Kier alpha value is -3.42. The van der Waals surface area contributed by atoms with Crippen LogP contribution in [0.1, 0.15) is 28.4 Å². The van der Waals surface area contributed by atoms with Crippen molar-refractivity contribution in [2.24, 2.45) is 0 Å². The molecule has 2 aliphatic rings. The van der Waals surface area contributed by atoms with E-state index >= 15 is 0 Å². The van der Waals surface area contributed by atoms with Crippen LogP contribution in [0.5, 0.6) is 0 Å². The Balaban J connectivity index is 1.23. The lowest BCUT2D eigenvalue weighted by Gasteiger charge is -2.34. The van der Waals surface area contributed by atoms with E-state index in [4.69, 9.17) is 0 Å². The van der Waals surface area contributed by atoms with Crippen molar-refractivity contribution in [1.29, 1.82) is 0 Å². The summed E-state index contributed by atoms with van der Waals surface area (Å²) < 4.78 is 28.1. The lowest BCUT2D eigenvalue weighted by molar-refractivity contribution is 0.0650. The van der Waals surface area contributed by atoms with Gasteiger partial charge in [0, 0.05) is 44.3 Å². The smallest absolute Gasteiger partial charge is 0.264 e. The van der Waals surface area contributed by atoms with Crippen molar-refractivity contribution in [3.8, 4) is 0 Å². The second kappa shape index (κ2) is 10.3. The summed E-state index contributed by atoms with van der Waals surface area (Å²) in [6.45, 7) is 5.79. The van der Waals surface area contributed by atoms with Crippen molar-refractivity contribution in [3.05, 3.63) is 102 Å². The summed E-state index contributed by atoms with van der Waals surface area (Å²) >= 11 is 0. The molecule has 7 heteroatoms. The van der Waals surface area contributed by atoms with Crippen LogP contribution in [-0.4, -0.2) is 62.9 Å². The SMILES string of the molecule is C[C@@H]1Cc2cc(C(=O)N3CCN(C/C=C/c4ccccc4)CC3)ccc2N1S(=O)(=O)c1ccccc1. The molecule has 1 fully saturated rings. The largest absolute Gasteiger partial charge is 0.336 e. The molecule has 1 atom stereocenters. The molecule has 3 aromatic carbocycles. The predicted octanol–water partition coefficient (Wildman–Crippen LogP) is 4.30. The van der Waals surface area contributed by atoms with Gasteiger partial charge in [0.2, 0.25) is 0 Å². The quantitative estimate of drug-likeness (QED) is 0.505. The molecule has 0 aliphatic carbocycles. The second-order valence-corrected chi connectivity index (χ2v) is 11.2. The number of benzene rings is 3. The zero-order valence-corrected chi connectivity index (χ0v) is 21.3. The molecule has 36 heavy (non-hydrogen) atoms. The first-order chi connectivity index (χ1) is 17.4. The van der Waals surface area contributed by atoms with Crippen LogP contribution in [0.15, 0.2) is 89.8 Å². The van der Waals surface area contributed by atoms with Gasteiger partial charge in [-0.2, -0.15) is 0 Å². The number of sulfonamides is 1. The first kappa shape index (κ1) is 24.3. The molecule has 0 saturated carbocycles. The van der Waals surface area contributed by atoms with Gasteiger partial charge < -0.3 is 4.90 Å². The monoisotopic (exact) mass is 501 g/mol. The van der Waals surface area contributed by atoms with E-state index in [1.165, 1.54) is 9.87 Å². The highest BCUT2D eigenvalue weighted by atomic mass is 32.2. The van der Waals surface area contributed by atoms with Crippen molar-refractivity contribution in [1.82, 2.24) is 9.80 Å². The molecule has 6 nitrogen and oxygen atoms in total. The van der Waals surface area contributed by atoms with Gasteiger partial charge in [-0.15, -0.1) is 0 Å². The summed E-state index contributed by atoms with van der Waals surface area (Å²) in [4.78, 5) is 17.8. The molecule has 2 aliphatic heterocycles. The zero-order valence-electron chi connectivity index (χ0n) is 20.5. The lowest BCUT2D eigenvalue weighted by atomic mass is 10.1. The van der Waals surface area contributed by atoms with Crippen LogP contribution < -0.4 is 4.31 Å². The maximum Gasteiger partial charge on any atom is 0.264 e. The molecule has 0 spiro atoms. The van der Waals surface area contributed by atoms with Crippen LogP contribution in [0.2, 0.25) is 0 Å². The molecule has 2 heterocycles. The van der Waals surface area contributed by atoms with Crippen molar-refractivity contribution in [3.63, 3.8) is 0 Å². The van der Waals surface area contributed by atoms with Crippen molar-refractivity contribution >= 4 is 27.7 Å². The van der Waals surface area contributed by atoms with E-state index in [1.54, 1.807) is 42.5 Å². The Morgan fingerprint density at radius 2 is 1.58 bits per heavy atom. The van der Waals surface area contributed by atoms with E-state index in [2.05, 4.69) is 29.2 Å². The maximum atomic E-state index is 13.3. The van der Waals surface area contributed by atoms with E-state index in [0.717, 1.165) is 25.2 Å². The lowest BCUT2D eigenvalue weighted by Crippen LogP contribution is -2.48. The third-order valence-corrected chi connectivity index (χ3v) is 8.85. The fourth-order valence-electron chi connectivity index (χ4n) is 5.03. The third-order valence-electron chi connectivity index (χ3n) is 6.91. The van der Waals surface area contributed by atoms with E-state index in [1.807, 2.05) is 36.1 Å². The predicted molar refractivity (Wildman–Crippen MR) is 144 cm³/mol. The van der Waals surface area contributed by atoms with Crippen LogP contribution in [0, 0.1) is 0 Å². The minimum absolute atomic E-state index is 0.00861. The summed E-state index contributed by atoms with van der Waals surface area (Å²) in [5.41, 5.74) is 3.38. The molecule has 1 amide bonds. The number of hydrogen-bond acceptors (Lipinski definition) is 4. The molecule has 0 radical (unpaired) electrons. The number of carbonyl (C=O) groups is 1. The summed E-state index contributed by atoms with van der Waals surface area (Å²) in [5.74, 6) is 0.00861.